The fourth-order valence-electron chi connectivity index (χ4n) is 1.40. The molecule has 2 aliphatic heterocycles. The van der Waals surface area contributed by atoms with Crippen molar-refractivity contribution >= 4 is 6.29 Å². The second kappa shape index (κ2) is 2.85. The van der Waals surface area contributed by atoms with Crippen LogP contribution in [0.4, 0.5) is 0 Å². The average Bonchev–Trinajstić information content (AvgIpc) is 2.50. The van der Waals surface area contributed by atoms with E-state index < -0.39 is 0 Å². The van der Waals surface area contributed by atoms with E-state index in [0.717, 1.165) is 24.3 Å². The summed E-state index contributed by atoms with van der Waals surface area (Å²) in [4.78, 5) is 12.4. The lowest BCUT2D eigenvalue weighted by Crippen LogP contribution is -2.23. The first-order chi connectivity index (χ1) is 5.92. The number of carbonyl (C=O) groups is 1. The van der Waals surface area contributed by atoms with Gasteiger partial charge in [0.1, 0.15) is 12.1 Å². The third-order valence-corrected chi connectivity index (χ3v) is 1.99. The molecule has 0 spiro atoms. The Bertz CT molecular complexity index is 289. The van der Waals surface area contributed by atoms with Crippen molar-refractivity contribution < 1.29 is 4.79 Å². The zero-order valence-electron chi connectivity index (χ0n) is 6.66. The van der Waals surface area contributed by atoms with Crippen molar-refractivity contribution in [1.82, 2.24) is 10.2 Å². The molecule has 0 aromatic rings. The quantitative estimate of drug-likeness (QED) is 0.607. The van der Waals surface area contributed by atoms with E-state index in [1.165, 1.54) is 0 Å². The SMILES string of the molecule is O=CCC1=CNC2=CC=CCN12. The van der Waals surface area contributed by atoms with Crippen LogP contribution in [-0.2, 0) is 4.79 Å². The first kappa shape index (κ1) is 7.16. The molecule has 0 aromatic carbocycles. The molecule has 0 aliphatic carbocycles. The molecule has 0 saturated heterocycles. The van der Waals surface area contributed by atoms with Crippen LogP contribution >= 0.6 is 0 Å². The fourth-order valence-corrected chi connectivity index (χ4v) is 1.40. The molecule has 0 radical (unpaired) electrons. The average molecular weight is 162 g/mol. The number of nitrogens with one attached hydrogen (secondary N) is 1. The highest BCUT2D eigenvalue weighted by Crippen LogP contribution is 2.21. The molecule has 0 atom stereocenters. The summed E-state index contributed by atoms with van der Waals surface area (Å²) in [6.45, 7) is 0.860. The van der Waals surface area contributed by atoms with Gasteiger partial charge in [-0.25, -0.2) is 0 Å². The van der Waals surface area contributed by atoms with Crippen LogP contribution in [0.25, 0.3) is 0 Å². The van der Waals surface area contributed by atoms with Crippen LogP contribution in [0.3, 0.4) is 0 Å². The lowest BCUT2D eigenvalue weighted by Gasteiger charge is -2.22. The molecule has 0 bridgehead atoms. The van der Waals surface area contributed by atoms with Gasteiger partial charge in [0.2, 0.25) is 0 Å². The maximum Gasteiger partial charge on any atom is 0.125 e. The van der Waals surface area contributed by atoms with Gasteiger partial charge in [0.15, 0.2) is 0 Å². The van der Waals surface area contributed by atoms with Gasteiger partial charge in [0.05, 0.1) is 0 Å². The Morgan fingerprint density at radius 3 is 3.42 bits per heavy atom. The van der Waals surface area contributed by atoms with Gasteiger partial charge in [-0.15, -0.1) is 0 Å². The number of hydrogen-bond acceptors (Lipinski definition) is 3. The van der Waals surface area contributed by atoms with E-state index in [4.69, 9.17) is 0 Å². The highest BCUT2D eigenvalue weighted by Gasteiger charge is 2.19. The van der Waals surface area contributed by atoms with Crippen LogP contribution in [0, 0.1) is 0 Å². The van der Waals surface area contributed by atoms with Gasteiger partial charge < -0.3 is 15.0 Å². The zero-order valence-corrected chi connectivity index (χ0v) is 6.66. The van der Waals surface area contributed by atoms with Crippen LogP contribution in [0.1, 0.15) is 6.42 Å². The minimum Gasteiger partial charge on any atom is -0.346 e. The van der Waals surface area contributed by atoms with Crippen molar-refractivity contribution in [2.75, 3.05) is 6.54 Å². The summed E-state index contributed by atoms with van der Waals surface area (Å²) in [6, 6.07) is 0. The van der Waals surface area contributed by atoms with E-state index in [1.54, 1.807) is 0 Å². The number of carbonyl (C=O) groups excluding carboxylic acids is 1. The third-order valence-electron chi connectivity index (χ3n) is 1.99. The molecule has 0 fully saturated rings. The Morgan fingerprint density at radius 2 is 2.58 bits per heavy atom. The van der Waals surface area contributed by atoms with Crippen molar-refractivity contribution in [3.05, 3.63) is 35.9 Å². The summed E-state index contributed by atoms with van der Waals surface area (Å²) < 4.78 is 0. The molecule has 2 aliphatic rings. The molecular weight excluding hydrogens is 152 g/mol. The highest BCUT2D eigenvalue weighted by molar-refractivity contribution is 5.55. The zero-order chi connectivity index (χ0) is 8.39. The Hall–Kier alpha value is -1.51. The topological polar surface area (TPSA) is 32.3 Å². The lowest BCUT2D eigenvalue weighted by molar-refractivity contribution is -0.107. The molecule has 62 valence electrons. The molecule has 3 heteroatoms. The standard InChI is InChI=1S/C9H10N2O/c12-6-4-8-7-10-9-3-1-2-5-11(8)9/h1-3,6-7,10H,4-5H2. The second-order valence-electron chi connectivity index (χ2n) is 2.74. The van der Waals surface area contributed by atoms with E-state index in [9.17, 15) is 4.79 Å². The van der Waals surface area contributed by atoms with Gasteiger partial charge in [0, 0.05) is 24.9 Å². The lowest BCUT2D eigenvalue weighted by atomic mass is 10.3. The molecule has 3 nitrogen and oxygen atoms in total. The number of rotatable bonds is 2. The van der Waals surface area contributed by atoms with Gasteiger partial charge in [0.25, 0.3) is 0 Å². The minimum atomic E-state index is 0.484. The minimum absolute atomic E-state index is 0.484. The maximum atomic E-state index is 10.3. The Labute approximate surface area is 71.0 Å². The number of aldehydes is 1. The molecule has 12 heavy (non-hydrogen) atoms. The second-order valence-corrected chi connectivity index (χ2v) is 2.74. The van der Waals surface area contributed by atoms with Crippen LogP contribution in [0.15, 0.2) is 35.9 Å². The molecular formula is C9H10N2O. The van der Waals surface area contributed by atoms with E-state index in [2.05, 4.69) is 16.3 Å². The first-order valence-corrected chi connectivity index (χ1v) is 3.95. The Kier molecular flexibility index (Phi) is 1.70. The fraction of sp³-hybridized carbons (Fsp3) is 0.222. The van der Waals surface area contributed by atoms with E-state index in [1.807, 2.05) is 18.4 Å². The largest absolute Gasteiger partial charge is 0.346 e. The molecule has 1 N–H and O–H groups in total. The van der Waals surface area contributed by atoms with E-state index in [-0.39, 0.29) is 0 Å². The van der Waals surface area contributed by atoms with Crippen molar-refractivity contribution in [2.24, 2.45) is 0 Å². The van der Waals surface area contributed by atoms with Gasteiger partial charge in [-0.2, -0.15) is 0 Å². The molecule has 0 aromatic heterocycles. The molecule has 0 saturated carbocycles. The maximum absolute atomic E-state index is 10.3. The number of fused-ring (bicyclic) bond motifs is 1. The summed E-state index contributed by atoms with van der Waals surface area (Å²) in [5.41, 5.74) is 1.04. The van der Waals surface area contributed by atoms with Gasteiger partial charge in [-0.05, 0) is 6.08 Å². The van der Waals surface area contributed by atoms with Crippen LogP contribution in [0.2, 0.25) is 0 Å². The highest BCUT2D eigenvalue weighted by atomic mass is 16.1. The third kappa shape index (κ3) is 1.03. The summed E-state index contributed by atoms with van der Waals surface area (Å²) in [7, 11) is 0. The van der Waals surface area contributed by atoms with Crippen molar-refractivity contribution in [3.63, 3.8) is 0 Å². The van der Waals surface area contributed by atoms with Gasteiger partial charge >= 0.3 is 0 Å². The predicted octanol–water partition coefficient (Wildman–Crippen LogP) is 0.733. The normalized spacial score (nSPS) is 19.5. The predicted molar refractivity (Wildman–Crippen MR) is 45.8 cm³/mol. The molecule has 0 unspecified atom stereocenters. The van der Waals surface area contributed by atoms with Gasteiger partial charge in [-0.3, -0.25) is 0 Å². The summed E-state index contributed by atoms with van der Waals surface area (Å²) in [5.74, 6) is 1.06. The van der Waals surface area contributed by atoms with Crippen molar-refractivity contribution in [1.29, 1.82) is 0 Å². The summed E-state index contributed by atoms with van der Waals surface area (Å²) >= 11 is 0. The summed E-state index contributed by atoms with van der Waals surface area (Å²) in [6.07, 6.45) is 9.36. The van der Waals surface area contributed by atoms with Crippen molar-refractivity contribution in [3.8, 4) is 0 Å². The van der Waals surface area contributed by atoms with Crippen LogP contribution in [0.5, 0.6) is 0 Å². The van der Waals surface area contributed by atoms with Crippen molar-refractivity contribution in [2.45, 2.75) is 6.42 Å². The summed E-state index contributed by atoms with van der Waals surface area (Å²) in [5, 5.41) is 3.11. The Balaban J connectivity index is 2.16. The van der Waals surface area contributed by atoms with E-state index in [0.29, 0.717) is 6.42 Å². The monoisotopic (exact) mass is 162 g/mol. The molecule has 2 rings (SSSR count). The molecule has 2 heterocycles. The smallest absolute Gasteiger partial charge is 0.125 e. The van der Waals surface area contributed by atoms with Crippen LogP contribution in [-0.4, -0.2) is 17.7 Å². The molecule has 0 amide bonds. The number of nitrogens with zero attached hydrogens (tertiary/aromatic N) is 1. The number of allylic oxidation sites excluding steroid dienone is 3. The Morgan fingerprint density at radius 1 is 1.67 bits per heavy atom. The van der Waals surface area contributed by atoms with Crippen LogP contribution < -0.4 is 5.32 Å². The van der Waals surface area contributed by atoms with E-state index >= 15 is 0 Å². The first-order valence-electron chi connectivity index (χ1n) is 3.95. The van der Waals surface area contributed by atoms with Gasteiger partial charge in [-0.1, -0.05) is 12.2 Å². The number of hydrogen-bond donors (Lipinski definition) is 1.